The van der Waals surface area contributed by atoms with Crippen molar-refractivity contribution in [3.05, 3.63) is 58.3 Å². The lowest BCUT2D eigenvalue weighted by Gasteiger charge is -1.98. The Labute approximate surface area is 127 Å². The lowest BCUT2D eigenvalue weighted by molar-refractivity contribution is 1.25. The molecule has 0 amide bonds. The lowest BCUT2D eigenvalue weighted by atomic mass is 10.2. The molecule has 2 nitrogen and oxygen atoms in total. The van der Waals surface area contributed by atoms with Crippen LogP contribution in [0.3, 0.4) is 0 Å². The summed E-state index contributed by atoms with van der Waals surface area (Å²) in [5.74, 6) is 0. The molecule has 0 atom stereocenters. The number of imidazole rings is 1. The molecule has 0 N–H and O–H groups in total. The van der Waals surface area contributed by atoms with Crippen LogP contribution in [0, 0.1) is 3.70 Å². The molecule has 2 aromatic heterocycles. The molecule has 4 aromatic rings. The molecule has 2 heterocycles. The van der Waals surface area contributed by atoms with Gasteiger partial charge in [-0.25, -0.2) is 4.98 Å². The van der Waals surface area contributed by atoms with Crippen LogP contribution in [-0.4, -0.2) is 9.38 Å². The number of thiazole rings is 1. The third kappa shape index (κ3) is 1.70. The maximum Gasteiger partial charge on any atom is 0.196 e. The molecule has 4 heteroatoms. The number of aromatic nitrogens is 2. The van der Waals surface area contributed by atoms with Gasteiger partial charge < -0.3 is 0 Å². The Kier molecular flexibility index (Phi) is 2.60. The molecule has 0 saturated carbocycles. The van der Waals surface area contributed by atoms with Crippen LogP contribution in [0.5, 0.6) is 0 Å². The highest BCUT2D eigenvalue weighted by Gasteiger charge is 2.15. The number of benzene rings is 2. The van der Waals surface area contributed by atoms with Gasteiger partial charge in [-0.05, 0) is 34.7 Å². The van der Waals surface area contributed by atoms with Crippen molar-refractivity contribution in [2.45, 2.75) is 0 Å². The van der Waals surface area contributed by atoms with E-state index in [2.05, 4.69) is 75.5 Å². The summed E-state index contributed by atoms with van der Waals surface area (Å²) in [6, 6.07) is 18.8. The minimum Gasteiger partial charge on any atom is -0.277 e. The van der Waals surface area contributed by atoms with E-state index in [1.165, 1.54) is 19.5 Å². The van der Waals surface area contributed by atoms with Crippen molar-refractivity contribution < 1.29 is 0 Å². The van der Waals surface area contributed by atoms with Gasteiger partial charge in [0.1, 0.15) is 9.39 Å². The van der Waals surface area contributed by atoms with Gasteiger partial charge >= 0.3 is 0 Å². The molecular weight excluding hydrogens is 367 g/mol. The molecular formula is C15H9IN2S. The highest BCUT2D eigenvalue weighted by Crippen LogP contribution is 2.33. The molecule has 0 fully saturated rings. The van der Waals surface area contributed by atoms with E-state index in [0.717, 1.165) is 10.7 Å². The molecule has 92 valence electrons. The highest BCUT2D eigenvalue weighted by atomic mass is 127. The van der Waals surface area contributed by atoms with Crippen molar-refractivity contribution in [1.29, 1.82) is 0 Å². The number of hydrogen-bond donors (Lipinski definition) is 0. The van der Waals surface area contributed by atoms with Crippen LogP contribution >= 0.6 is 33.9 Å². The number of halogens is 1. The highest BCUT2D eigenvalue weighted by molar-refractivity contribution is 14.1. The molecule has 0 radical (unpaired) electrons. The van der Waals surface area contributed by atoms with Crippen molar-refractivity contribution in [1.82, 2.24) is 9.38 Å². The lowest BCUT2D eigenvalue weighted by Crippen LogP contribution is -1.85. The quantitative estimate of drug-likeness (QED) is 0.436. The van der Waals surface area contributed by atoms with E-state index < -0.39 is 0 Å². The van der Waals surface area contributed by atoms with Crippen LogP contribution in [0.2, 0.25) is 0 Å². The van der Waals surface area contributed by atoms with E-state index in [-0.39, 0.29) is 0 Å². The fraction of sp³-hybridized carbons (Fsp3) is 0. The maximum atomic E-state index is 4.79. The largest absolute Gasteiger partial charge is 0.277 e. The number of fused-ring (bicyclic) bond motifs is 3. The molecule has 19 heavy (non-hydrogen) atoms. The van der Waals surface area contributed by atoms with Gasteiger partial charge in [-0.3, -0.25) is 4.40 Å². The van der Waals surface area contributed by atoms with Crippen LogP contribution in [0.1, 0.15) is 0 Å². The second-order valence-electron chi connectivity index (χ2n) is 4.31. The van der Waals surface area contributed by atoms with Crippen LogP contribution in [0.25, 0.3) is 26.4 Å². The minimum atomic E-state index is 1.06. The van der Waals surface area contributed by atoms with E-state index in [4.69, 9.17) is 4.98 Å². The number of rotatable bonds is 1. The Bertz CT molecular complexity index is 877. The Morgan fingerprint density at radius 2 is 1.68 bits per heavy atom. The summed E-state index contributed by atoms with van der Waals surface area (Å²) in [6.45, 7) is 0. The van der Waals surface area contributed by atoms with Gasteiger partial charge in [0, 0.05) is 5.56 Å². The summed E-state index contributed by atoms with van der Waals surface area (Å²) in [5.41, 5.74) is 3.48. The molecule has 0 aliphatic carbocycles. The zero-order chi connectivity index (χ0) is 12.8. The second-order valence-corrected chi connectivity index (χ2v) is 6.34. The first-order chi connectivity index (χ1) is 9.34. The smallest absolute Gasteiger partial charge is 0.196 e. The van der Waals surface area contributed by atoms with Gasteiger partial charge in [0.25, 0.3) is 0 Å². The topological polar surface area (TPSA) is 17.3 Å². The summed E-state index contributed by atoms with van der Waals surface area (Å²) in [5, 5.41) is 0. The molecule has 2 aromatic carbocycles. The first kappa shape index (κ1) is 11.4. The molecule has 0 aliphatic rings. The molecule has 0 unspecified atom stereocenters. The van der Waals surface area contributed by atoms with Crippen molar-refractivity contribution in [3.63, 3.8) is 0 Å². The summed E-state index contributed by atoms with van der Waals surface area (Å²) < 4.78 is 4.70. The Balaban J connectivity index is 2.08. The van der Waals surface area contributed by atoms with E-state index >= 15 is 0 Å². The van der Waals surface area contributed by atoms with Gasteiger partial charge in [-0.2, -0.15) is 0 Å². The SMILES string of the molecule is Ic1c(-c2ccccc2)nc2sc3ccccc3n12. The fourth-order valence-electron chi connectivity index (χ4n) is 2.27. The number of para-hydroxylation sites is 1. The van der Waals surface area contributed by atoms with Crippen molar-refractivity contribution in [2.75, 3.05) is 0 Å². The van der Waals surface area contributed by atoms with Crippen molar-refractivity contribution >= 4 is 49.1 Å². The fourth-order valence-corrected chi connectivity index (χ4v) is 4.37. The van der Waals surface area contributed by atoms with Gasteiger partial charge in [-0.15, -0.1) is 0 Å². The first-order valence-corrected chi connectivity index (χ1v) is 7.85. The predicted molar refractivity (Wildman–Crippen MR) is 88.7 cm³/mol. The van der Waals surface area contributed by atoms with Gasteiger partial charge in [0.05, 0.1) is 10.2 Å². The molecule has 0 spiro atoms. The van der Waals surface area contributed by atoms with Gasteiger partial charge in [0.15, 0.2) is 4.96 Å². The van der Waals surface area contributed by atoms with Gasteiger partial charge in [-0.1, -0.05) is 53.8 Å². The normalized spacial score (nSPS) is 11.4. The van der Waals surface area contributed by atoms with Crippen LogP contribution in [0.4, 0.5) is 0 Å². The number of hydrogen-bond acceptors (Lipinski definition) is 2. The number of nitrogens with zero attached hydrogens (tertiary/aromatic N) is 2. The summed E-state index contributed by atoms with van der Waals surface area (Å²) in [7, 11) is 0. The Morgan fingerprint density at radius 3 is 2.53 bits per heavy atom. The zero-order valence-electron chi connectivity index (χ0n) is 9.88. The maximum absolute atomic E-state index is 4.79. The second kappa shape index (κ2) is 4.31. The third-order valence-electron chi connectivity index (χ3n) is 3.15. The minimum absolute atomic E-state index is 1.06. The van der Waals surface area contributed by atoms with Crippen LogP contribution < -0.4 is 0 Å². The van der Waals surface area contributed by atoms with E-state index in [0.29, 0.717) is 0 Å². The van der Waals surface area contributed by atoms with Crippen molar-refractivity contribution in [3.8, 4) is 11.3 Å². The van der Waals surface area contributed by atoms with E-state index in [1.807, 2.05) is 6.07 Å². The Hall–Kier alpha value is -1.40. The molecule has 4 rings (SSSR count). The zero-order valence-corrected chi connectivity index (χ0v) is 12.9. The first-order valence-electron chi connectivity index (χ1n) is 5.95. The average Bonchev–Trinajstić information content (AvgIpc) is 2.97. The molecule has 0 bridgehead atoms. The van der Waals surface area contributed by atoms with Gasteiger partial charge in [0.2, 0.25) is 0 Å². The van der Waals surface area contributed by atoms with E-state index in [1.54, 1.807) is 11.3 Å². The standard InChI is InChI=1S/C15H9IN2S/c16-14-13(10-6-2-1-3-7-10)17-15-18(14)11-8-4-5-9-12(11)19-15/h1-9H. The van der Waals surface area contributed by atoms with E-state index in [9.17, 15) is 0 Å². The van der Waals surface area contributed by atoms with Crippen molar-refractivity contribution in [2.24, 2.45) is 0 Å². The third-order valence-corrected chi connectivity index (χ3v) is 5.16. The monoisotopic (exact) mass is 376 g/mol. The molecule has 0 aliphatic heterocycles. The summed E-state index contributed by atoms with van der Waals surface area (Å²) >= 11 is 4.13. The summed E-state index contributed by atoms with van der Waals surface area (Å²) in [4.78, 5) is 5.85. The molecule has 0 saturated heterocycles. The summed E-state index contributed by atoms with van der Waals surface area (Å²) in [6.07, 6.45) is 0. The average molecular weight is 376 g/mol. The Morgan fingerprint density at radius 1 is 0.947 bits per heavy atom. The van der Waals surface area contributed by atoms with Crippen LogP contribution in [-0.2, 0) is 0 Å². The van der Waals surface area contributed by atoms with Crippen LogP contribution in [0.15, 0.2) is 54.6 Å². The predicted octanol–water partition coefficient (Wildman–Crippen LogP) is 4.82.